The van der Waals surface area contributed by atoms with Gasteiger partial charge in [0.2, 0.25) is 5.91 Å². The first-order valence-electron chi connectivity index (χ1n) is 11.4. The molecule has 0 bridgehead atoms. The predicted octanol–water partition coefficient (Wildman–Crippen LogP) is 4.30. The number of hydrogen-bond donors (Lipinski definition) is 1. The fraction of sp³-hybridized carbons (Fsp3) is 0.480. The van der Waals surface area contributed by atoms with E-state index < -0.39 is 12.7 Å². The number of alkyl halides is 1. The van der Waals surface area contributed by atoms with Crippen LogP contribution in [0.25, 0.3) is 10.7 Å². The second-order valence-corrected chi connectivity index (χ2v) is 10.3. The summed E-state index contributed by atoms with van der Waals surface area (Å²) in [5, 5.41) is 2.73. The second kappa shape index (κ2) is 11.7. The zero-order valence-corrected chi connectivity index (χ0v) is 21.1. The fourth-order valence-corrected chi connectivity index (χ4v) is 4.58. The van der Waals surface area contributed by atoms with Gasteiger partial charge in [0.15, 0.2) is 0 Å². The van der Waals surface area contributed by atoms with Crippen LogP contribution in [0.2, 0.25) is 0 Å². The normalized spacial score (nSPS) is 13.6. The number of benzene rings is 1. The first kappa shape index (κ1) is 26.0. The highest BCUT2D eigenvalue weighted by molar-refractivity contribution is 7.13. The highest BCUT2D eigenvalue weighted by Gasteiger charge is 2.38. The van der Waals surface area contributed by atoms with Gasteiger partial charge in [-0.3, -0.25) is 4.79 Å². The van der Waals surface area contributed by atoms with E-state index in [1.54, 1.807) is 11.1 Å². The van der Waals surface area contributed by atoms with Crippen molar-refractivity contribution in [3.63, 3.8) is 0 Å². The van der Waals surface area contributed by atoms with Crippen LogP contribution >= 0.6 is 11.3 Å². The van der Waals surface area contributed by atoms with E-state index in [1.807, 2.05) is 29.8 Å². The maximum atomic E-state index is 13.2. The number of hydrogen-bond acceptors (Lipinski definition) is 6. The van der Waals surface area contributed by atoms with Gasteiger partial charge in [-0.25, -0.2) is 14.4 Å². The van der Waals surface area contributed by atoms with Gasteiger partial charge >= 0.3 is 0 Å². The zero-order chi connectivity index (χ0) is 24.7. The van der Waals surface area contributed by atoms with Crippen LogP contribution in [0, 0.1) is 5.41 Å². The molecule has 1 amide bonds. The van der Waals surface area contributed by atoms with Crippen molar-refractivity contribution in [1.29, 1.82) is 0 Å². The molecule has 3 rings (SSSR count). The van der Waals surface area contributed by atoms with Crippen LogP contribution in [0.15, 0.2) is 48.1 Å². The summed E-state index contributed by atoms with van der Waals surface area (Å²) in [7, 11) is 1.49. The van der Waals surface area contributed by atoms with Gasteiger partial charge in [-0.1, -0.05) is 51.1 Å². The molecule has 1 aromatic carbocycles. The van der Waals surface area contributed by atoms with Crippen LogP contribution in [-0.4, -0.2) is 58.3 Å². The van der Waals surface area contributed by atoms with Crippen molar-refractivity contribution >= 4 is 17.2 Å². The first-order chi connectivity index (χ1) is 16.2. The van der Waals surface area contributed by atoms with Crippen molar-refractivity contribution in [2.75, 3.05) is 26.9 Å². The third kappa shape index (κ3) is 6.49. The molecule has 3 aromatic rings. The minimum Gasteiger partial charge on any atom is -0.375 e. The Morgan fingerprint density at radius 3 is 2.62 bits per heavy atom. The molecule has 7 nitrogen and oxygen atoms in total. The number of imidazole rings is 1. The van der Waals surface area contributed by atoms with Gasteiger partial charge in [0.25, 0.3) is 0 Å². The van der Waals surface area contributed by atoms with E-state index in [0.717, 1.165) is 22.1 Å². The van der Waals surface area contributed by atoms with E-state index in [-0.39, 0.29) is 24.0 Å². The number of nitrogens with two attached hydrogens (primary N) is 1. The van der Waals surface area contributed by atoms with Crippen molar-refractivity contribution in [2.24, 2.45) is 11.1 Å². The Hall–Kier alpha value is -2.62. The number of aromatic nitrogens is 3. The number of nitrogens with zero attached hydrogens (tertiary/aromatic N) is 4. The first-order valence-corrected chi connectivity index (χ1v) is 12.2. The summed E-state index contributed by atoms with van der Waals surface area (Å²) in [5.41, 5.74) is 7.38. The average molecular weight is 488 g/mol. The van der Waals surface area contributed by atoms with E-state index in [2.05, 4.69) is 42.5 Å². The summed E-state index contributed by atoms with van der Waals surface area (Å²) in [6.07, 6.45) is 4.09. The lowest BCUT2D eigenvalue weighted by molar-refractivity contribution is -0.140. The van der Waals surface area contributed by atoms with E-state index in [0.29, 0.717) is 19.5 Å². The summed E-state index contributed by atoms with van der Waals surface area (Å²) >= 11 is 1.52. The molecule has 1 unspecified atom stereocenters. The summed E-state index contributed by atoms with van der Waals surface area (Å²) in [5.74, 6) is 0.568. The Morgan fingerprint density at radius 2 is 2.03 bits per heavy atom. The van der Waals surface area contributed by atoms with Crippen molar-refractivity contribution in [3.05, 3.63) is 59.5 Å². The van der Waals surface area contributed by atoms with Crippen molar-refractivity contribution < 1.29 is 13.9 Å². The molecule has 184 valence electrons. The maximum Gasteiger partial charge on any atom is 0.249 e. The van der Waals surface area contributed by atoms with Crippen LogP contribution < -0.4 is 5.73 Å². The van der Waals surface area contributed by atoms with Crippen LogP contribution in [0.4, 0.5) is 4.39 Å². The van der Waals surface area contributed by atoms with E-state index in [9.17, 15) is 9.18 Å². The molecule has 0 fully saturated rings. The zero-order valence-electron chi connectivity index (χ0n) is 20.3. The highest BCUT2D eigenvalue weighted by Crippen LogP contribution is 2.39. The van der Waals surface area contributed by atoms with E-state index >= 15 is 0 Å². The summed E-state index contributed by atoms with van der Waals surface area (Å²) in [4.78, 5) is 24.4. The Morgan fingerprint density at radius 1 is 1.29 bits per heavy atom. The third-order valence-electron chi connectivity index (χ3n) is 5.56. The molecule has 34 heavy (non-hydrogen) atoms. The number of halogens is 1. The van der Waals surface area contributed by atoms with Gasteiger partial charge in [-0.15, -0.1) is 11.3 Å². The number of carbonyl (C=O) groups is 1. The van der Waals surface area contributed by atoms with Gasteiger partial charge in [-0.05, 0) is 17.4 Å². The smallest absolute Gasteiger partial charge is 0.249 e. The number of thiazole rings is 1. The van der Waals surface area contributed by atoms with Crippen LogP contribution in [-0.2, 0) is 16.1 Å². The van der Waals surface area contributed by atoms with Crippen molar-refractivity contribution in [3.8, 4) is 10.7 Å². The number of methoxy groups -OCH3 is 1. The van der Waals surface area contributed by atoms with Crippen molar-refractivity contribution in [1.82, 2.24) is 19.4 Å². The topological polar surface area (TPSA) is 86.3 Å². The third-order valence-corrected chi connectivity index (χ3v) is 6.35. The average Bonchev–Trinajstić information content (AvgIpc) is 3.46. The highest BCUT2D eigenvalue weighted by atomic mass is 32.1. The van der Waals surface area contributed by atoms with Crippen LogP contribution in [0.1, 0.15) is 44.6 Å². The lowest BCUT2D eigenvalue weighted by Gasteiger charge is -2.40. The Labute approximate surface area is 204 Å². The van der Waals surface area contributed by atoms with Crippen LogP contribution in [0.3, 0.4) is 0 Å². The minimum absolute atomic E-state index is 0.0732. The van der Waals surface area contributed by atoms with Gasteiger partial charge < -0.3 is 19.9 Å². The summed E-state index contributed by atoms with van der Waals surface area (Å²) in [6, 6.07) is 9.09. The SMILES string of the molecule is COCC(=O)N(CCC(N)CF)[C@@H](c1nc(-c2nccs2)cn1Cc1ccccc1)C(C)(C)C. The quantitative estimate of drug-likeness (QED) is 0.436. The van der Waals surface area contributed by atoms with E-state index in [1.165, 1.54) is 18.4 Å². The minimum atomic E-state index is -0.636. The molecule has 2 aromatic heterocycles. The molecule has 0 saturated heterocycles. The number of rotatable bonds is 11. The molecule has 0 radical (unpaired) electrons. The van der Waals surface area contributed by atoms with E-state index in [4.69, 9.17) is 15.5 Å². The predicted molar refractivity (Wildman–Crippen MR) is 133 cm³/mol. The molecule has 2 heterocycles. The molecule has 0 aliphatic carbocycles. The Kier molecular flexibility index (Phi) is 8.93. The molecule has 2 N–H and O–H groups in total. The molecule has 2 atom stereocenters. The Balaban J connectivity index is 2.10. The molecular formula is C25H34FN5O2S. The number of ether oxygens (including phenoxy) is 1. The molecule has 0 saturated carbocycles. The Bertz CT molecular complexity index is 1030. The fourth-order valence-electron chi connectivity index (χ4n) is 3.99. The molecule has 0 spiro atoms. The van der Waals surface area contributed by atoms with Crippen LogP contribution in [0.5, 0.6) is 0 Å². The largest absolute Gasteiger partial charge is 0.375 e. The van der Waals surface area contributed by atoms with Gasteiger partial charge in [0.05, 0.1) is 6.04 Å². The van der Waals surface area contributed by atoms with Crippen molar-refractivity contribution in [2.45, 2.75) is 45.8 Å². The molecule has 0 aliphatic rings. The standard InChI is InChI=1S/C25H34FN5O2S/c1-25(2,3)22(31(21(32)17-33-4)12-10-19(27)14-26)23-29-20(24-28-11-13-34-24)16-30(23)15-18-8-6-5-7-9-18/h5-9,11,13,16,19,22H,10,12,14-15,17,27H2,1-4H3/t19?,22-/m0/s1. The maximum absolute atomic E-state index is 13.2. The number of amides is 1. The molecule has 9 heteroatoms. The van der Waals surface area contributed by atoms with Gasteiger partial charge in [0.1, 0.15) is 29.8 Å². The summed E-state index contributed by atoms with van der Waals surface area (Å²) in [6.45, 7) is 6.41. The lowest BCUT2D eigenvalue weighted by atomic mass is 9.84. The molecular weight excluding hydrogens is 453 g/mol. The van der Waals surface area contributed by atoms with Gasteiger partial charge in [-0.2, -0.15) is 0 Å². The van der Waals surface area contributed by atoms with Gasteiger partial charge in [0, 0.05) is 44.0 Å². The summed E-state index contributed by atoms with van der Waals surface area (Å²) < 4.78 is 20.4. The molecule has 0 aliphatic heterocycles. The monoisotopic (exact) mass is 487 g/mol. The number of carbonyl (C=O) groups excluding carboxylic acids is 1. The second-order valence-electron chi connectivity index (χ2n) is 9.43. The lowest BCUT2D eigenvalue weighted by Crippen LogP contribution is -2.45.